The Morgan fingerprint density at radius 3 is 1.90 bits per heavy atom. The van der Waals surface area contributed by atoms with Crippen molar-refractivity contribution in [2.24, 2.45) is 0 Å². The first-order valence-electron chi connectivity index (χ1n) is 17.6. The maximum absolute atomic E-state index is 11.0. The number of rotatable bonds is 5. The molecule has 9 rings (SSSR count). The maximum Gasteiger partial charge on any atom is 0.331 e. The van der Waals surface area contributed by atoms with Crippen molar-refractivity contribution >= 4 is 34.9 Å². The van der Waals surface area contributed by atoms with E-state index in [0.29, 0.717) is 0 Å². The van der Waals surface area contributed by atoms with Gasteiger partial charge in [0.15, 0.2) is 0 Å². The van der Waals surface area contributed by atoms with Crippen molar-refractivity contribution in [1.29, 1.82) is 0 Å². The summed E-state index contributed by atoms with van der Waals surface area (Å²) in [5.41, 5.74) is 12.5. The summed E-state index contributed by atoms with van der Waals surface area (Å²) in [5, 5.41) is 13.2. The van der Waals surface area contributed by atoms with Gasteiger partial charge in [-0.1, -0.05) is 129 Å². The molecule has 1 radical (unpaired) electrons. The molecule has 50 heavy (non-hydrogen) atoms. The molecular formula is C46H40BO3. The lowest BCUT2D eigenvalue weighted by molar-refractivity contribution is -0.0893. The van der Waals surface area contributed by atoms with E-state index in [1.165, 1.54) is 38.9 Å². The number of fused-ring (bicyclic) bond motifs is 12. The minimum absolute atomic E-state index is 0.179. The SMILES string of the molecule is CC1(C)c2ccccc2C2(c3ccc(-c4cccc5c4oc4ccccc45)cc3-c3c([B]OC(C)(C)C(C)(C)O)cccc32)c2ccccc21. The van der Waals surface area contributed by atoms with E-state index in [1.807, 2.05) is 33.5 Å². The largest absolute Gasteiger partial charge is 0.455 e. The fourth-order valence-corrected chi connectivity index (χ4v) is 8.58. The number of aliphatic hydroxyl groups is 1. The molecule has 1 spiro atoms. The molecule has 3 nitrogen and oxygen atoms in total. The number of hydrogen-bond donors (Lipinski definition) is 1. The second kappa shape index (κ2) is 10.6. The van der Waals surface area contributed by atoms with Crippen LogP contribution in [0.5, 0.6) is 0 Å². The summed E-state index contributed by atoms with van der Waals surface area (Å²) in [4.78, 5) is 0. The van der Waals surface area contributed by atoms with Gasteiger partial charge < -0.3 is 14.2 Å². The molecule has 4 heteroatoms. The molecule has 0 aliphatic heterocycles. The number of benzene rings is 6. The van der Waals surface area contributed by atoms with Gasteiger partial charge in [-0.2, -0.15) is 0 Å². The molecule has 0 atom stereocenters. The van der Waals surface area contributed by atoms with Crippen LogP contribution < -0.4 is 5.46 Å². The van der Waals surface area contributed by atoms with Gasteiger partial charge in [-0.15, -0.1) is 0 Å². The van der Waals surface area contributed by atoms with Gasteiger partial charge in [0.05, 0.1) is 16.6 Å². The van der Waals surface area contributed by atoms with Crippen molar-refractivity contribution in [3.8, 4) is 22.3 Å². The first-order chi connectivity index (χ1) is 23.9. The minimum atomic E-state index is -1.05. The normalized spacial score (nSPS) is 15.5. The average molecular weight is 652 g/mol. The van der Waals surface area contributed by atoms with E-state index in [4.69, 9.17) is 9.07 Å². The highest BCUT2D eigenvalue weighted by Gasteiger charge is 2.53. The van der Waals surface area contributed by atoms with Crippen LogP contribution in [0.15, 0.2) is 132 Å². The summed E-state index contributed by atoms with van der Waals surface area (Å²) >= 11 is 0. The Labute approximate surface area is 294 Å². The van der Waals surface area contributed by atoms with Crippen molar-refractivity contribution in [2.45, 2.75) is 63.6 Å². The molecule has 1 heterocycles. The number of hydrogen-bond acceptors (Lipinski definition) is 3. The third kappa shape index (κ3) is 4.13. The zero-order valence-electron chi connectivity index (χ0n) is 29.5. The molecule has 1 aromatic heterocycles. The predicted octanol–water partition coefficient (Wildman–Crippen LogP) is 10.1. The topological polar surface area (TPSA) is 42.6 Å². The zero-order chi connectivity index (χ0) is 34.6. The summed E-state index contributed by atoms with van der Waals surface area (Å²) in [6, 6.07) is 46.3. The molecule has 7 aromatic rings. The molecule has 0 saturated heterocycles. The maximum atomic E-state index is 11.0. The summed E-state index contributed by atoms with van der Waals surface area (Å²) in [5.74, 6) is 0. The second-order valence-electron chi connectivity index (χ2n) is 15.6. The van der Waals surface area contributed by atoms with E-state index in [9.17, 15) is 5.11 Å². The lowest BCUT2D eigenvalue weighted by Gasteiger charge is -2.46. The van der Waals surface area contributed by atoms with Gasteiger partial charge in [0.2, 0.25) is 0 Å². The van der Waals surface area contributed by atoms with Crippen LogP contribution in [-0.4, -0.2) is 23.8 Å². The van der Waals surface area contributed by atoms with Gasteiger partial charge in [0, 0.05) is 21.8 Å². The molecule has 2 aliphatic carbocycles. The lowest BCUT2D eigenvalue weighted by Crippen LogP contribution is -2.49. The third-order valence-corrected chi connectivity index (χ3v) is 11.9. The van der Waals surface area contributed by atoms with Gasteiger partial charge in [-0.25, -0.2) is 0 Å². The van der Waals surface area contributed by atoms with E-state index in [-0.39, 0.29) is 5.41 Å². The minimum Gasteiger partial charge on any atom is -0.455 e. The molecule has 0 amide bonds. The third-order valence-electron chi connectivity index (χ3n) is 11.9. The van der Waals surface area contributed by atoms with Crippen LogP contribution in [0.25, 0.3) is 44.2 Å². The van der Waals surface area contributed by atoms with E-state index in [1.54, 1.807) is 13.8 Å². The van der Waals surface area contributed by atoms with Crippen LogP contribution in [0.1, 0.15) is 74.9 Å². The summed E-state index contributed by atoms with van der Waals surface area (Å²) in [6.45, 7) is 12.2. The van der Waals surface area contributed by atoms with Gasteiger partial charge in [-0.05, 0) is 95.4 Å². The molecule has 0 fully saturated rings. The highest BCUT2D eigenvalue weighted by atomic mass is 16.5. The Morgan fingerprint density at radius 2 is 1.20 bits per heavy atom. The van der Waals surface area contributed by atoms with E-state index in [2.05, 4.69) is 129 Å². The van der Waals surface area contributed by atoms with Crippen molar-refractivity contribution in [1.82, 2.24) is 0 Å². The fourth-order valence-electron chi connectivity index (χ4n) is 8.58. The lowest BCUT2D eigenvalue weighted by atomic mass is 9.55. The first-order valence-corrected chi connectivity index (χ1v) is 17.6. The Kier molecular flexibility index (Phi) is 6.57. The van der Waals surface area contributed by atoms with Crippen molar-refractivity contribution in [3.05, 3.63) is 161 Å². The van der Waals surface area contributed by atoms with Gasteiger partial charge in [-0.3, -0.25) is 0 Å². The van der Waals surface area contributed by atoms with Gasteiger partial charge in [0.1, 0.15) is 11.2 Å². The van der Waals surface area contributed by atoms with Gasteiger partial charge in [0.25, 0.3) is 0 Å². The molecule has 1 N–H and O–H groups in total. The van der Waals surface area contributed by atoms with Crippen molar-refractivity contribution in [3.63, 3.8) is 0 Å². The molecule has 0 bridgehead atoms. The van der Waals surface area contributed by atoms with Crippen molar-refractivity contribution in [2.75, 3.05) is 0 Å². The van der Waals surface area contributed by atoms with Crippen LogP contribution in [0.4, 0.5) is 0 Å². The number of para-hydroxylation sites is 2. The van der Waals surface area contributed by atoms with E-state index in [0.717, 1.165) is 44.1 Å². The van der Waals surface area contributed by atoms with Crippen molar-refractivity contribution < 1.29 is 14.2 Å². The van der Waals surface area contributed by atoms with Gasteiger partial charge >= 0.3 is 7.48 Å². The highest BCUT2D eigenvalue weighted by molar-refractivity contribution is 6.50. The molecule has 6 aromatic carbocycles. The predicted molar refractivity (Wildman–Crippen MR) is 205 cm³/mol. The highest BCUT2D eigenvalue weighted by Crippen LogP contribution is 2.62. The first kappa shape index (κ1) is 31.1. The fraction of sp³-hybridized carbons (Fsp3) is 0.217. The van der Waals surface area contributed by atoms with E-state index >= 15 is 0 Å². The second-order valence-corrected chi connectivity index (χ2v) is 15.6. The van der Waals surface area contributed by atoms with E-state index < -0.39 is 16.6 Å². The standard InChI is InChI=1S/C46H40BO3/c1-43(2)34-18-8-10-20-36(34)46(37-21-11-9-19-35(37)43)33-26-25-28(29-16-13-17-31-30-15-7-12-24-40(30)49-42(29)31)27-32(33)41-38(46)22-14-23-39(41)47-50-45(5,6)44(3,4)48/h7-27,48H,1-6H3. The molecule has 0 saturated carbocycles. The smallest absolute Gasteiger partial charge is 0.331 e. The Morgan fingerprint density at radius 1 is 0.600 bits per heavy atom. The summed E-state index contributed by atoms with van der Waals surface area (Å²) in [7, 11) is 1.86. The molecule has 2 aliphatic rings. The molecular weight excluding hydrogens is 611 g/mol. The van der Waals surface area contributed by atoms with Crippen LogP contribution in [0.3, 0.4) is 0 Å². The quantitative estimate of drug-likeness (QED) is 0.188. The molecule has 0 unspecified atom stereocenters. The average Bonchev–Trinajstić information content (AvgIpc) is 3.64. The Balaban J connectivity index is 1.35. The van der Waals surface area contributed by atoms with Crippen LogP contribution >= 0.6 is 0 Å². The van der Waals surface area contributed by atoms with Crippen LogP contribution in [-0.2, 0) is 15.5 Å². The van der Waals surface area contributed by atoms with Crippen LogP contribution in [0, 0.1) is 0 Å². The molecule has 245 valence electrons. The summed E-state index contributed by atoms with van der Waals surface area (Å²) in [6.07, 6.45) is 0. The Bertz CT molecular complexity index is 2440. The summed E-state index contributed by atoms with van der Waals surface area (Å²) < 4.78 is 13.0. The zero-order valence-corrected chi connectivity index (χ0v) is 29.5. The Hall–Kier alpha value is -4.90. The number of furan rings is 1. The van der Waals surface area contributed by atoms with Crippen LogP contribution in [0.2, 0.25) is 0 Å². The monoisotopic (exact) mass is 651 g/mol.